The molecule has 0 N–H and O–H groups in total. The summed E-state index contributed by atoms with van der Waals surface area (Å²) in [6, 6.07) is 62.3. The summed E-state index contributed by atoms with van der Waals surface area (Å²) in [6.07, 6.45) is 2.33. The highest BCUT2D eigenvalue weighted by Gasteiger charge is 2.23. The van der Waals surface area contributed by atoms with E-state index in [9.17, 15) is 0 Å². The van der Waals surface area contributed by atoms with Gasteiger partial charge >= 0.3 is 0 Å². The first-order chi connectivity index (χ1) is 23.5. The molecule has 0 amide bonds. The Morgan fingerprint density at radius 2 is 0.896 bits per heavy atom. The average molecular weight is 631 g/mol. The van der Waals surface area contributed by atoms with Gasteiger partial charge in [-0.05, 0) is 89.0 Å². The van der Waals surface area contributed by atoms with Crippen LogP contribution in [0.25, 0.3) is 66.2 Å². The third kappa shape index (κ3) is 5.37. The summed E-state index contributed by atoms with van der Waals surface area (Å²) in [5.74, 6) is 0. The molecule has 0 saturated carbocycles. The van der Waals surface area contributed by atoms with Crippen molar-refractivity contribution in [2.45, 2.75) is 19.6 Å². The zero-order chi connectivity index (χ0) is 32.7. The van der Waals surface area contributed by atoms with Gasteiger partial charge in [-0.2, -0.15) is 0 Å². The largest absolute Gasteiger partial charge is 0.0784 e. The van der Waals surface area contributed by atoms with E-state index in [-0.39, 0.29) is 0 Å². The van der Waals surface area contributed by atoms with Crippen LogP contribution in [0, 0.1) is 0 Å². The Morgan fingerprint density at radius 1 is 0.417 bits per heavy atom. The summed E-state index contributed by atoms with van der Waals surface area (Å²) < 4.78 is 0. The fourth-order valence-electron chi connectivity index (χ4n) is 7.42. The summed E-state index contributed by atoms with van der Waals surface area (Å²) in [6.45, 7) is 7.33. The fraction of sp³-hybridized carbons (Fsp3) is 0.0638. The highest BCUT2D eigenvalue weighted by molar-refractivity contribution is 6.90. The number of hydrogen-bond donors (Lipinski definition) is 0. The molecule has 0 aliphatic heterocycles. The molecule has 0 aliphatic rings. The van der Waals surface area contributed by atoms with Crippen LogP contribution in [0.2, 0.25) is 19.6 Å². The lowest BCUT2D eigenvalue weighted by Gasteiger charge is -2.23. The molecule has 0 atom stereocenters. The highest BCUT2D eigenvalue weighted by Crippen LogP contribution is 2.45. The van der Waals surface area contributed by atoms with Crippen molar-refractivity contribution in [1.29, 1.82) is 0 Å². The van der Waals surface area contributed by atoms with Crippen LogP contribution in [0.5, 0.6) is 0 Å². The van der Waals surface area contributed by atoms with Gasteiger partial charge in [0.2, 0.25) is 0 Å². The first-order valence-electron chi connectivity index (χ1n) is 16.9. The normalized spacial score (nSPS) is 11.6. The quantitative estimate of drug-likeness (QED) is 0.0974. The molecule has 0 aliphatic carbocycles. The summed E-state index contributed by atoms with van der Waals surface area (Å²) in [5, 5.41) is 9.36. The van der Waals surface area contributed by atoms with E-state index in [1.807, 2.05) is 0 Å². The molecule has 0 saturated heterocycles. The maximum absolute atomic E-state index is 2.44. The second-order valence-electron chi connectivity index (χ2n) is 13.7. The van der Waals surface area contributed by atoms with Gasteiger partial charge in [-0.3, -0.25) is 0 Å². The fourth-order valence-corrected chi connectivity index (χ4v) is 9.03. The van der Waals surface area contributed by atoms with Crippen LogP contribution in [0.3, 0.4) is 0 Å². The topological polar surface area (TPSA) is 0 Å². The van der Waals surface area contributed by atoms with Gasteiger partial charge < -0.3 is 0 Å². The average Bonchev–Trinajstić information content (AvgIpc) is 3.13. The summed E-state index contributed by atoms with van der Waals surface area (Å²) in [4.78, 5) is 0. The van der Waals surface area contributed by atoms with Crippen LogP contribution in [0.1, 0.15) is 16.7 Å². The Labute approximate surface area is 284 Å². The van der Waals surface area contributed by atoms with E-state index in [0.29, 0.717) is 0 Å². The van der Waals surface area contributed by atoms with Gasteiger partial charge in [-0.25, -0.2) is 0 Å². The number of hydrogen-bond acceptors (Lipinski definition) is 0. The molecule has 48 heavy (non-hydrogen) atoms. The Hall–Kier alpha value is -5.50. The molecule has 0 heterocycles. The Bertz CT molecular complexity index is 2360. The molecule has 0 fully saturated rings. The van der Waals surface area contributed by atoms with Gasteiger partial charge in [-0.1, -0.05) is 189 Å². The molecule has 0 spiro atoms. The molecule has 0 nitrogen and oxygen atoms in total. The number of fused-ring (bicyclic) bond motifs is 3. The standard InChI is InChI=1S/C47H38Si/c1-48(2,3)45-30-29-43(37-23-10-11-24-38(37)45)47-41-27-14-12-25-39(41)46(40-26-13-15-28-42(40)47)36-22-16-17-33(31-36)32-44(34-18-6-4-7-19-34)35-20-8-5-9-21-35/h4-32H,1-3H3. The van der Waals surface area contributed by atoms with Crippen molar-refractivity contribution in [2.24, 2.45) is 0 Å². The lowest BCUT2D eigenvalue weighted by molar-refractivity contribution is 1.55. The maximum atomic E-state index is 2.44. The van der Waals surface area contributed by atoms with E-state index in [2.05, 4.69) is 196 Å². The van der Waals surface area contributed by atoms with Crippen LogP contribution in [-0.2, 0) is 0 Å². The van der Waals surface area contributed by atoms with Crippen molar-refractivity contribution in [3.05, 3.63) is 187 Å². The number of benzene rings is 8. The monoisotopic (exact) mass is 630 g/mol. The first-order valence-corrected chi connectivity index (χ1v) is 20.4. The Morgan fingerprint density at radius 3 is 1.44 bits per heavy atom. The van der Waals surface area contributed by atoms with Crippen molar-refractivity contribution in [1.82, 2.24) is 0 Å². The molecule has 230 valence electrons. The second kappa shape index (κ2) is 12.3. The van der Waals surface area contributed by atoms with Crippen molar-refractivity contribution < 1.29 is 0 Å². The van der Waals surface area contributed by atoms with Crippen LogP contribution < -0.4 is 5.19 Å². The SMILES string of the molecule is C[Si](C)(C)c1ccc(-c2c3ccccc3c(-c3cccc(C=C(c4ccccc4)c4ccccc4)c3)c3ccccc23)c2ccccc12. The van der Waals surface area contributed by atoms with Gasteiger partial charge in [0.05, 0.1) is 8.07 Å². The van der Waals surface area contributed by atoms with E-state index in [1.54, 1.807) is 0 Å². The van der Waals surface area contributed by atoms with E-state index >= 15 is 0 Å². The third-order valence-electron chi connectivity index (χ3n) is 9.59. The molecule has 0 radical (unpaired) electrons. The molecule has 0 aromatic heterocycles. The minimum Gasteiger partial charge on any atom is -0.0656 e. The predicted octanol–water partition coefficient (Wildman–Crippen LogP) is 12.6. The Kier molecular flexibility index (Phi) is 7.63. The van der Waals surface area contributed by atoms with Gasteiger partial charge in [0.1, 0.15) is 0 Å². The Balaban J connectivity index is 1.38. The van der Waals surface area contributed by atoms with E-state index < -0.39 is 8.07 Å². The van der Waals surface area contributed by atoms with Gasteiger partial charge in [-0.15, -0.1) is 0 Å². The number of rotatable bonds is 6. The molecule has 0 unspecified atom stereocenters. The van der Waals surface area contributed by atoms with Crippen molar-refractivity contribution >= 4 is 57.2 Å². The minimum atomic E-state index is -1.55. The zero-order valence-corrected chi connectivity index (χ0v) is 28.7. The highest BCUT2D eigenvalue weighted by atomic mass is 28.3. The molecule has 8 aromatic rings. The zero-order valence-electron chi connectivity index (χ0n) is 27.7. The second-order valence-corrected chi connectivity index (χ2v) is 18.8. The molecule has 8 rings (SSSR count). The summed E-state index contributed by atoms with van der Waals surface area (Å²) in [5.41, 5.74) is 9.94. The van der Waals surface area contributed by atoms with Crippen LogP contribution in [0.15, 0.2) is 170 Å². The van der Waals surface area contributed by atoms with Crippen molar-refractivity contribution in [3.63, 3.8) is 0 Å². The first kappa shape index (κ1) is 29.9. The molecule has 1 heteroatoms. The molecule has 8 aromatic carbocycles. The molecular formula is C47H38Si. The van der Waals surface area contributed by atoms with Gasteiger partial charge in [0, 0.05) is 0 Å². The van der Waals surface area contributed by atoms with Crippen LogP contribution in [-0.4, -0.2) is 8.07 Å². The smallest absolute Gasteiger partial charge is 0.0656 e. The lowest BCUT2D eigenvalue weighted by Crippen LogP contribution is -2.38. The molecular weight excluding hydrogens is 593 g/mol. The van der Waals surface area contributed by atoms with Crippen LogP contribution >= 0.6 is 0 Å². The van der Waals surface area contributed by atoms with E-state index in [1.165, 1.54) is 82.0 Å². The van der Waals surface area contributed by atoms with Crippen LogP contribution in [0.4, 0.5) is 0 Å². The minimum absolute atomic E-state index is 1.18. The predicted molar refractivity (Wildman–Crippen MR) is 213 cm³/mol. The van der Waals surface area contributed by atoms with Gasteiger partial charge in [0.15, 0.2) is 0 Å². The van der Waals surface area contributed by atoms with E-state index in [4.69, 9.17) is 0 Å². The third-order valence-corrected chi connectivity index (χ3v) is 11.6. The summed E-state index contributed by atoms with van der Waals surface area (Å²) in [7, 11) is -1.55. The lowest BCUT2D eigenvalue weighted by atomic mass is 9.84. The van der Waals surface area contributed by atoms with Crippen molar-refractivity contribution in [3.8, 4) is 22.3 Å². The summed E-state index contributed by atoms with van der Waals surface area (Å²) >= 11 is 0. The molecule has 0 bridgehead atoms. The van der Waals surface area contributed by atoms with Crippen molar-refractivity contribution in [2.75, 3.05) is 0 Å². The van der Waals surface area contributed by atoms with E-state index in [0.717, 1.165) is 0 Å². The maximum Gasteiger partial charge on any atom is 0.0784 e. The van der Waals surface area contributed by atoms with Gasteiger partial charge in [0.25, 0.3) is 0 Å².